The summed E-state index contributed by atoms with van der Waals surface area (Å²) in [5, 5.41) is 0.587. The molecule has 0 radical (unpaired) electrons. The summed E-state index contributed by atoms with van der Waals surface area (Å²) < 4.78 is 1.51. The van der Waals surface area contributed by atoms with Gasteiger partial charge in [0.25, 0.3) is 5.56 Å². The molecule has 1 aromatic rings. The van der Waals surface area contributed by atoms with Crippen LogP contribution in [0.4, 0.5) is 0 Å². The van der Waals surface area contributed by atoms with E-state index in [1.807, 2.05) is 39.5 Å². The molecule has 1 amide bonds. The number of amides is 1. The average molecular weight is 311 g/mol. The topological polar surface area (TPSA) is 55.2 Å². The van der Waals surface area contributed by atoms with Crippen LogP contribution in [0.2, 0.25) is 0 Å². The Morgan fingerprint density at radius 1 is 1.24 bits per heavy atom. The predicted molar refractivity (Wildman–Crippen MR) is 86.8 cm³/mol. The highest BCUT2D eigenvalue weighted by molar-refractivity contribution is 7.99. The van der Waals surface area contributed by atoms with E-state index in [0.717, 1.165) is 5.69 Å². The summed E-state index contributed by atoms with van der Waals surface area (Å²) in [5.74, 6) is 0.358. The third-order valence-corrected chi connectivity index (χ3v) is 4.46. The summed E-state index contributed by atoms with van der Waals surface area (Å²) in [5.41, 5.74) is 1.32. The largest absolute Gasteiger partial charge is 0.337 e. The zero-order valence-electron chi connectivity index (χ0n) is 13.9. The van der Waals surface area contributed by atoms with E-state index in [2.05, 4.69) is 4.98 Å². The standard InChI is InChI=1S/C15H25N3O2S/c1-9(2)18(10(3)4)13(19)8-21-15-16-12(6)11(5)14(20)17(15)7/h9-10H,8H2,1-7H3. The highest BCUT2D eigenvalue weighted by Gasteiger charge is 2.21. The Hall–Kier alpha value is -1.30. The number of hydrogen-bond donors (Lipinski definition) is 0. The first-order chi connectivity index (χ1) is 9.66. The lowest BCUT2D eigenvalue weighted by atomic mass is 10.2. The van der Waals surface area contributed by atoms with Crippen molar-refractivity contribution < 1.29 is 4.79 Å². The van der Waals surface area contributed by atoms with Crippen LogP contribution in [0.15, 0.2) is 9.95 Å². The van der Waals surface area contributed by atoms with E-state index in [1.54, 1.807) is 14.0 Å². The van der Waals surface area contributed by atoms with Crippen LogP contribution in [-0.4, -0.2) is 38.2 Å². The number of carbonyl (C=O) groups is 1. The number of aromatic nitrogens is 2. The van der Waals surface area contributed by atoms with Gasteiger partial charge in [-0.15, -0.1) is 0 Å². The molecule has 0 bridgehead atoms. The minimum absolute atomic E-state index is 0.0537. The summed E-state index contributed by atoms with van der Waals surface area (Å²) in [6.45, 7) is 11.6. The Bertz CT molecular complexity index is 571. The van der Waals surface area contributed by atoms with Crippen molar-refractivity contribution in [2.45, 2.75) is 58.8 Å². The number of hydrogen-bond acceptors (Lipinski definition) is 4. The third kappa shape index (κ3) is 4.09. The molecule has 0 aliphatic rings. The maximum Gasteiger partial charge on any atom is 0.257 e. The normalized spacial score (nSPS) is 11.3. The molecule has 1 rings (SSSR count). The molecule has 0 atom stereocenters. The Morgan fingerprint density at radius 2 is 1.76 bits per heavy atom. The zero-order chi connectivity index (χ0) is 16.3. The van der Waals surface area contributed by atoms with Crippen molar-refractivity contribution in [3.63, 3.8) is 0 Å². The van der Waals surface area contributed by atoms with Gasteiger partial charge in [0.15, 0.2) is 5.16 Å². The molecule has 0 fully saturated rings. The van der Waals surface area contributed by atoms with Crippen molar-refractivity contribution in [2.24, 2.45) is 7.05 Å². The van der Waals surface area contributed by atoms with Crippen molar-refractivity contribution in [3.8, 4) is 0 Å². The highest BCUT2D eigenvalue weighted by Crippen LogP contribution is 2.17. The Morgan fingerprint density at radius 3 is 2.24 bits per heavy atom. The van der Waals surface area contributed by atoms with Gasteiger partial charge in [0.05, 0.1) is 5.75 Å². The van der Waals surface area contributed by atoms with Gasteiger partial charge in [0.2, 0.25) is 5.91 Å². The van der Waals surface area contributed by atoms with Crippen LogP contribution in [-0.2, 0) is 11.8 Å². The van der Waals surface area contributed by atoms with E-state index in [1.165, 1.54) is 16.3 Å². The Kier molecular flexibility index (Phi) is 6.01. The quantitative estimate of drug-likeness (QED) is 0.617. The molecule has 0 saturated heterocycles. The second kappa shape index (κ2) is 7.11. The van der Waals surface area contributed by atoms with E-state index in [0.29, 0.717) is 16.5 Å². The molecule has 0 N–H and O–H groups in total. The molecule has 0 saturated carbocycles. The predicted octanol–water partition coefficient (Wildman–Crippen LogP) is 2.13. The maximum absolute atomic E-state index is 12.3. The van der Waals surface area contributed by atoms with E-state index >= 15 is 0 Å². The lowest BCUT2D eigenvalue weighted by molar-refractivity contribution is -0.131. The van der Waals surface area contributed by atoms with Crippen LogP contribution >= 0.6 is 11.8 Å². The van der Waals surface area contributed by atoms with E-state index in [4.69, 9.17) is 0 Å². The van der Waals surface area contributed by atoms with Gasteiger partial charge in [0, 0.05) is 30.4 Å². The van der Waals surface area contributed by atoms with Gasteiger partial charge in [-0.25, -0.2) is 4.98 Å². The van der Waals surface area contributed by atoms with Crippen LogP contribution in [0.3, 0.4) is 0 Å². The van der Waals surface area contributed by atoms with Gasteiger partial charge in [0.1, 0.15) is 0 Å². The van der Waals surface area contributed by atoms with Gasteiger partial charge in [-0.2, -0.15) is 0 Å². The average Bonchev–Trinajstić information content (AvgIpc) is 2.38. The minimum atomic E-state index is -0.0537. The monoisotopic (exact) mass is 311 g/mol. The highest BCUT2D eigenvalue weighted by atomic mass is 32.2. The fourth-order valence-electron chi connectivity index (χ4n) is 2.30. The van der Waals surface area contributed by atoms with Gasteiger partial charge in [-0.05, 0) is 41.5 Å². The minimum Gasteiger partial charge on any atom is -0.337 e. The van der Waals surface area contributed by atoms with Crippen molar-refractivity contribution >= 4 is 17.7 Å². The van der Waals surface area contributed by atoms with Gasteiger partial charge in [-0.3, -0.25) is 14.2 Å². The second-order valence-electron chi connectivity index (χ2n) is 5.75. The molecule has 1 heterocycles. The number of thioether (sulfide) groups is 1. The number of rotatable bonds is 5. The molecule has 0 aliphatic carbocycles. The van der Waals surface area contributed by atoms with Crippen molar-refractivity contribution in [1.82, 2.24) is 14.5 Å². The summed E-state index contributed by atoms with van der Waals surface area (Å²) in [6.07, 6.45) is 0. The molecule has 6 heteroatoms. The molecule has 1 aromatic heterocycles. The zero-order valence-corrected chi connectivity index (χ0v) is 14.7. The first-order valence-corrected chi connectivity index (χ1v) is 8.13. The van der Waals surface area contributed by atoms with Crippen molar-refractivity contribution in [3.05, 3.63) is 21.6 Å². The van der Waals surface area contributed by atoms with Crippen LogP contribution in [0.1, 0.15) is 39.0 Å². The molecule has 0 unspecified atom stereocenters. The molecule has 0 aromatic carbocycles. The lowest BCUT2D eigenvalue weighted by Gasteiger charge is -2.30. The molecule has 21 heavy (non-hydrogen) atoms. The number of carbonyl (C=O) groups excluding carboxylic acids is 1. The van der Waals surface area contributed by atoms with Crippen LogP contribution in [0, 0.1) is 13.8 Å². The molecule has 118 valence electrons. The number of nitrogens with zero attached hydrogens (tertiary/aromatic N) is 3. The van der Waals surface area contributed by atoms with Gasteiger partial charge in [-0.1, -0.05) is 11.8 Å². The third-order valence-electron chi connectivity index (χ3n) is 3.44. The van der Waals surface area contributed by atoms with Crippen molar-refractivity contribution in [2.75, 3.05) is 5.75 Å². The first-order valence-electron chi connectivity index (χ1n) is 7.15. The molecular formula is C15H25N3O2S. The summed E-state index contributed by atoms with van der Waals surface area (Å²) in [6, 6.07) is 0.323. The molecular weight excluding hydrogens is 286 g/mol. The maximum atomic E-state index is 12.3. The van der Waals surface area contributed by atoms with Crippen molar-refractivity contribution in [1.29, 1.82) is 0 Å². The Balaban J connectivity index is 2.90. The second-order valence-corrected chi connectivity index (χ2v) is 6.69. The first kappa shape index (κ1) is 17.8. The summed E-state index contributed by atoms with van der Waals surface area (Å²) in [7, 11) is 1.69. The number of aryl methyl sites for hydroxylation is 1. The van der Waals surface area contributed by atoms with E-state index in [9.17, 15) is 9.59 Å². The van der Waals surface area contributed by atoms with Crippen LogP contribution in [0.25, 0.3) is 0 Å². The van der Waals surface area contributed by atoms with Crippen LogP contribution < -0.4 is 5.56 Å². The molecule has 0 spiro atoms. The lowest BCUT2D eigenvalue weighted by Crippen LogP contribution is -2.43. The summed E-state index contributed by atoms with van der Waals surface area (Å²) >= 11 is 1.32. The van der Waals surface area contributed by atoms with Crippen LogP contribution in [0.5, 0.6) is 0 Å². The molecule has 0 aliphatic heterocycles. The fraction of sp³-hybridized carbons (Fsp3) is 0.667. The summed E-state index contributed by atoms with van der Waals surface area (Å²) in [4.78, 5) is 30.6. The molecule has 5 nitrogen and oxygen atoms in total. The Labute approximate surface area is 130 Å². The smallest absolute Gasteiger partial charge is 0.257 e. The van der Waals surface area contributed by atoms with Gasteiger partial charge >= 0.3 is 0 Å². The van der Waals surface area contributed by atoms with Gasteiger partial charge < -0.3 is 4.90 Å². The SMILES string of the molecule is Cc1nc(SCC(=O)N(C(C)C)C(C)C)n(C)c(=O)c1C. The fourth-order valence-corrected chi connectivity index (χ4v) is 3.18. The van der Waals surface area contributed by atoms with E-state index in [-0.39, 0.29) is 23.6 Å². The van der Waals surface area contributed by atoms with E-state index < -0.39 is 0 Å².